The predicted molar refractivity (Wildman–Crippen MR) is 94.5 cm³/mol. The van der Waals surface area contributed by atoms with Gasteiger partial charge in [0, 0.05) is 16.5 Å². The summed E-state index contributed by atoms with van der Waals surface area (Å²) in [6.07, 6.45) is 0. The van der Waals surface area contributed by atoms with E-state index in [1.807, 2.05) is 0 Å². The number of halogens is 2. The van der Waals surface area contributed by atoms with Crippen molar-refractivity contribution in [1.82, 2.24) is 25.1 Å². The monoisotopic (exact) mass is 369 g/mol. The number of hydrogen-bond donors (Lipinski definition) is 3. The van der Waals surface area contributed by atoms with Crippen molar-refractivity contribution in [3.8, 4) is 23.0 Å². The van der Waals surface area contributed by atoms with Crippen molar-refractivity contribution in [2.24, 2.45) is 0 Å². The lowest BCUT2D eigenvalue weighted by Gasteiger charge is -1.94. The largest absolute Gasteiger partial charge is 0.349 e. The lowest BCUT2D eigenvalue weighted by Crippen LogP contribution is -1.99. The fourth-order valence-electron chi connectivity index (χ4n) is 2.89. The van der Waals surface area contributed by atoms with Crippen LogP contribution in [0.5, 0.6) is 0 Å². The van der Waals surface area contributed by atoms with E-state index in [-0.39, 0.29) is 17.4 Å². The molecule has 9 heteroatoms. The van der Waals surface area contributed by atoms with Crippen LogP contribution in [-0.4, -0.2) is 25.1 Å². The summed E-state index contributed by atoms with van der Waals surface area (Å²) in [4.78, 5) is 24.1. The second-order valence-corrected chi connectivity index (χ2v) is 6.14. The Morgan fingerprint density at radius 1 is 1.00 bits per heavy atom. The van der Waals surface area contributed by atoms with Crippen molar-refractivity contribution in [2.45, 2.75) is 0 Å². The summed E-state index contributed by atoms with van der Waals surface area (Å²) < 4.78 is 18.7. The van der Waals surface area contributed by atoms with E-state index >= 15 is 0 Å². The summed E-state index contributed by atoms with van der Waals surface area (Å²) >= 11 is 6.33. The zero-order valence-electron chi connectivity index (χ0n) is 12.9. The zero-order chi connectivity index (χ0) is 17.8. The van der Waals surface area contributed by atoms with Crippen molar-refractivity contribution >= 4 is 33.5 Å². The Morgan fingerprint density at radius 2 is 1.81 bits per heavy atom. The fourth-order valence-corrected chi connectivity index (χ4v) is 3.18. The fraction of sp³-hybridized carbons (Fsp3) is 0. The van der Waals surface area contributed by atoms with Crippen molar-refractivity contribution in [3.05, 3.63) is 57.7 Å². The summed E-state index contributed by atoms with van der Waals surface area (Å²) in [5.74, 6) is 0.138. The number of hydrogen-bond acceptors (Lipinski definition) is 4. The van der Waals surface area contributed by atoms with E-state index in [4.69, 9.17) is 16.1 Å². The van der Waals surface area contributed by atoms with Crippen LogP contribution in [0.15, 0.2) is 45.7 Å². The van der Waals surface area contributed by atoms with Gasteiger partial charge in [-0.15, -0.1) is 0 Å². The smallest absolute Gasteiger partial charge is 0.323 e. The first-order valence-corrected chi connectivity index (χ1v) is 7.99. The minimum absolute atomic E-state index is 0.185. The van der Waals surface area contributed by atoms with Crippen LogP contribution in [0.3, 0.4) is 0 Å². The van der Waals surface area contributed by atoms with E-state index in [9.17, 15) is 9.18 Å². The predicted octanol–water partition coefficient (Wildman–Crippen LogP) is 3.85. The van der Waals surface area contributed by atoms with Crippen LogP contribution in [0, 0.1) is 5.82 Å². The van der Waals surface area contributed by atoms with Crippen LogP contribution in [0.1, 0.15) is 0 Å². The molecule has 0 bridgehead atoms. The third-order valence-electron chi connectivity index (χ3n) is 4.11. The minimum Gasteiger partial charge on any atom is -0.349 e. The van der Waals surface area contributed by atoms with E-state index in [1.165, 1.54) is 12.1 Å². The molecule has 0 aliphatic heterocycles. The number of nitrogens with zero attached hydrogens (tertiary/aromatic N) is 2. The van der Waals surface area contributed by atoms with Crippen LogP contribution in [0.4, 0.5) is 4.39 Å². The summed E-state index contributed by atoms with van der Waals surface area (Å²) in [6.45, 7) is 0. The highest BCUT2D eigenvalue weighted by atomic mass is 35.5. The second kappa shape index (κ2) is 5.30. The maximum Gasteiger partial charge on any atom is 0.323 e. The van der Waals surface area contributed by atoms with Gasteiger partial charge in [0.15, 0.2) is 0 Å². The van der Waals surface area contributed by atoms with Gasteiger partial charge in [0.1, 0.15) is 11.5 Å². The number of H-pyrrole nitrogens is 3. The summed E-state index contributed by atoms with van der Waals surface area (Å²) in [5.41, 5.74) is 2.78. The van der Waals surface area contributed by atoms with Crippen molar-refractivity contribution in [1.29, 1.82) is 0 Å². The number of benzene rings is 2. The maximum absolute atomic E-state index is 13.4. The summed E-state index contributed by atoms with van der Waals surface area (Å²) in [5, 5.41) is 4.80. The second-order valence-electron chi connectivity index (χ2n) is 5.77. The van der Waals surface area contributed by atoms with Crippen molar-refractivity contribution in [3.63, 3.8) is 0 Å². The highest BCUT2D eigenvalue weighted by Crippen LogP contribution is 2.34. The average molecular weight is 370 g/mol. The Balaban J connectivity index is 1.61. The number of imidazole rings is 1. The third kappa shape index (κ3) is 2.23. The molecule has 0 aliphatic carbocycles. The Bertz CT molecular complexity index is 1350. The third-order valence-corrected chi connectivity index (χ3v) is 4.50. The number of aromatic nitrogens is 5. The average Bonchev–Trinajstić information content (AvgIpc) is 3.31. The molecule has 0 atom stereocenters. The Labute approximate surface area is 148 Å². The molecule has 0 saturated carbocycles. The molecule has 0 aliphatic rings. The Hall–Kier alpha value is -3.39. The number of aromatic amines is 3. The van der Waals surface area contributed by atoms with Crippen LogP contribution < -0.4 is 5.69 Å². The van der Waals surface area contributed by atoms with Gasteiger partial charge in [0.2, 0.25) is 5.82 Å². The van der Waals surface area contributed by atoms with E-state index in [1.54, 1.807) is 24.3 Å². The molecular weight excluding hydrogens is 361 g/mol. The molecule has 0 unspecified atom stereocenters. The summed E-state index contributed by atoms with van der Waals surface area (Å²) in [6, 6.07) is 9.52. The van der Waals surface area contributed by atoms with Gasteiger partial charge < -0.3 is 19.5 Å². The van der Waals surface area contributed by atoms with Crippen LogP contribution >= 0.6 is 11.6 Å². The van der Waals surface area contributed by atoms with Crippen LogP contribution in [-0.2, 0) is 0 Å². The molecule has 3 N–H and O–H groups in total. The molecule has 128 valence electrons. The first-order valence-electron chi connectivity index (χ1n) is 7.62. The molecule has 2 aromatic carbocycles. The minimum atomic E-state index is -0.384. The van der Waals surface area contributed by atoms with E-state index in [0.717, 1.165) is 0 Å². The number of nitrogens with one attached hydrogen (secondary N) is 3. The van der Waals surface area contributed by atoms with Gasteiger partial charge >= 0.3 is 5.69 Å². The van der Waals surface area contributed by atoms with Crippen LogP contribution in [0.2, 0.25) is 5.02 Å². The van der Waals surface area contributed by atoms with Crippen molar-refractivity contribution in [2.75, 3.05) is 0 Å². The Morgan fingerprint density at radius 3 is 2.69 bits per heavy atom. The molecule has 0 radical (unpaired) electrons. The molecule has 5 aromatic rings. The number of fused-ring (bicyclic) bond motifs is 2. The SMILES string of the molecule is O=c1[nH]c2ccc(-c3noc(-c4[nH]c5ccc(F)cc5c4Cl)n3)cc2[nH]1. The molecule has 3 aromatic heterocycles. The number of rotatable bonds is 2. The van der Waals surface area contributed by atoms with Gasteiger partial charge in [-0.05, 0) is 36.4 Å². The molecule has 7 nitrogen and oxygen atoms in total. The molecule has 0 amide bonds. The lowest BCUT2D eigenvalue weighted by molar-refractivity contribution is 0.431. The molecular formula is C17H9ClFN5O2. The molecule has 3 heterocycles. The molecule has 0 spiro atoms. The standard InChI is InChI=1S/C17H9ClFN5O2/c18-13-9-6-8(19)2-4-10(9)20-14(13)16-23-15(24-26-16)7-1-3-11-12(5-7)22-17(25)21-11/h1-6,20H,(H2,21,22,25). The topological polar surface area (TPSA) is 103 Å². The summed E-state index contributed by atoms with van der Waals surface area (Å²) in [7, 11) is 0. The maximum atomic E-state index is 13.4. The van der Waals surface area contributed by atoms with E-state index in [2.05, 4.69) is 25.1 Å². The van der Waals surface area contributed by atoms with Gasteiger partial charge in [-0.2, -0.15) is 4.98 Å². The lowest BCUT2D eigenvalue weighted by atomic mass is 10.2. The quantitative estimate of drug-likeness (QED) is 0.439. The van der Waals surface area contributed by atoms with Crippen molar-refractivity contribution < 1.29 is 8.91 Å². The van der Waals surface area contributed by atoms with E-state index < -0.39 is 0 Å². The van der Waals surface area contributed by atoms with Gasteiger partial charge in [0.25, 0.3) is 5.89 Å². The first kappa shape index (κ1) is 14.9. The van der Waals surface area contributed by atoms with E-state index in [0.29, 0.717) is 44.0 Å². The normalized spacial score (nSPS) is 11.6. The highest BCUT2D eigenvalue weighted by molar-refractivity contribution is 6.38. The Kier molecular flexibility index (Phi) is 3.04. The molecule has 5 rings (SSSR count). The van der Waals surface area contributed by atoms with Crippen LogP contribution in [0.25, 0.3) is 44.9 Å². The molecule has 0 fully saturated rings. The van der Waals surface area contributed by atoms with Gasteiger partial charge in [-0.1, -0.05) is 16.8 Å². The van der Waals surface area contributed by atoms with Gasteiger partial charge in [0.05, 0.1) is 16.1 Å². The first-order chi connectivity index (χ1) is 12.6. The van der Waals surface area contributed by atoms with Gasteiger partial charge in [-0.25, -0.2) is 9.18 Å². The molecule has 26 heavy (non-hydrogen) atoms. The molecule has 0 saturated heterocycles. The highest BCUT2D eigenvalue weighted by Gasteiger charge is 2.18. The zero-order valence-corrected chi connectivity index (χ0v) is 13.7. The van der Waals surface area contributed by atoms with Gasteiger partial charge in [-0.3, -0.25) is 0 Å².